The maximum atomic E-state index is 13.5. The molecule has 2 fully saturated rings. The zero-order chi connectivity index (χ0) is 28.5. The van der Waals surface area contributed by atoms with Crippen molar-refractivity contribution >= 4 is 45.1 Å². The van der Waals surface area contributed by atoms with Gasteiger partial charge in [-0.2, -0.15) is 4.31 Å². The van der Waals surface area contributed by atoms with Crippen LogP contribution in [0.3, 0.4) is 0 Å². The van der Waals surface area contributed by atoms with Crippen LogP contribution in [0, 0.1) is 17.8 Å². The van der Waals surface area contributed by atoms with Gasteiger partial charge in [0.15, 0.2) is 0 Å². The van der Waals surface area contributed by atoms with E-state index in [1.54, 1.807) is 25.2 Å². The molecule has 2 unspecified atom stereocenters. The Morgan fingerprint density at radius 3 is 2.36 bits per heavy atom. The van der Waals surface area contributed by atoms with Crippen LogP contribution in [0.1, 0.15) is 69.0 Å². The number of carbonyl (C=O) groups excluding carboxylic acids is 1. The van der Waals surface area contributed by atoms with E-state index in [0.29, 0.717) is 35.7 Å². The summed E-state index contributed by atoms with van der Waals surface area (Å²) in [6.45, 7) is 4.09. The number of rotatable bonds is 11. The lowest BCUT2D eigenvalue weighted by molar-refractivity contribution is -0.142. The predicted molar refractivity (Wildman–Crippen MR) is 153 cm³/mol. The summed E-state index contributed by atoms with van der Waals surface area (Å²) < 4.78 is 28.5. The molecule has 2 aromatic carbocycles. The lowest BCUT2D eigenvalue weighted by atomic mass is 9.69. The van der Waals surface area contributed by atoms with Crippen molar-refractivity contribution < 1.29 is 23.1 Å². The summed E-state index contributed by atoms with van der Waals surface area (Å²) in [4.78, 5) is 24.7. The number of sulfonamides is 1. The van der Waals surface area contributed by atoms with Gasteiger partial charge >= 0.3 is 5.97 Å². The Morgan fingerprint density at radius 1 is 1.13 bits per heavy atom. The minimum absolute atomic E-state index is 0.160. The van der Waals surface area contributed by atoms with Crippen molar-refractivity contribution in [1.29, 1.82) is 0 Å². The van der Waals surface area contributed by atoms with Crippen LogP contribution in [0.2, 0.25) is 10.0 Å². The molecule has 1 saturated heterocycles. The van der Waals surface area contributed by atoms with E-state index in [1.165, 1.54) is 4.31 Å². The molecule has 0 bridgehead atoms. The van der Waals surface area contributed by atoms with E-state index in [1.807, 2.05) is 37.3 Å². The number of aliphatic carboxylic acids is 1. The third-order valence-corrected chi connectivity index (χ3v) is 11.2. The fourth-order valence-corrected chi connectivity index (χ4v) is 8.32. The molecule has 212 valence electrons. The van der Waals surface area contributed by atoms with Crippen LogP contribution in [0.5, 0.6) is 0 Å². The van der Waals surface area contributed by atoms with Crippen molar-refractivity contribution in [3.8, 4) is 0 Å². The van der Waals surface area contributed by atoms with Crippen LogP contribution in [0.25, 0.3) is 0 Å². The molecule has 1 saturated carbocycles. The second-order valence-electron chi connectivity index (χ2n) is 10.9. The Kier molecular flexibility index (Phi) is 9.31. The number of carboxylic acids is 1. The van der Waals surface area contributed by atoms with E-state index in [2.05, 4.69) is 12.2 Å². The normalized spacial score (nSPS) is 24.2. The fraction of sp³-hybridized carbons (Fsp3) is 0.517. The molecule has 1 aliphatic heterocycles. The SMILES string of the molecule is CCC(C(C)[C@@H]1NC(=O)[C@@H](CC(=O)O)C[C@@H]1c1cccc(Cl)c1)[C@@H](c1ccc(Cl)cc1)N(C)S(=O)(=O)C1CC1. The Balaban J connectivity index is 1.75. The van der Waals surface area contributed by atoms with Gasteiger partial charge in [-0.15, -0.1) is 0 Å². The van der Waals surface area contributed by atoms with Gasteiger partial charge in [-0.05, 0) is 66.5 Å². The van der Waals surface area contributed by atoms with Crippen LogP contribution in [-0.4, -0.2) is 48.0 Å². The molecule has 6 atom stereocenters. The van der Waals surface area contributed by atoms with Crippen molar-refractivity contribution in [2.24, 2.45) is 17.8 Å². The molecule has 0 aromatic heterocycles. The number of carbonyl (C=O) groups is 2. The minimum Gasteiger partial charge on any atom is -0.481 e. The molecule has 10 heteroatoms. The number of piperidine rings is 1. The monoisotopic (exact) mass is 594 g/mol. The van der Waals surface area contributed by atoms with Gasteiger partial charge in [0, 0.05) is 35.0 Å². The summed E-state index contributed by atoms with van der Waals surface area (Å²) >= 11 is 12.5. The maximum Gasteiger partial charge on any atom is 0.304 e. The molecule has 4 rings (SSSR count). The van der Waals surface area contributed by atoms with Crippen LogP contribution in [0.4, 0.5) is 0 Å². The largest absolute Gasteiger partial charge is 0.481 e. The minimum atomic E-state index is -3.52. The molecule has 1 heterocycles. The number of halogens is 2. The first kappa shape index (κ1) is 29.8. The van der Waals surface area contributed by atoms with Gasteiger partial charge in [0.1, 0.15) is 0 Å². The second-order valence-corrected chi connectivity index (χ2v) is 14.1. The van der Waals surface area contributed by atoms with Crippen LogP contribution < -0.4 is 5.32 Å². The van der Waals surface area contributed by atoms with E-state index in [9.17, 15) is 23.1 Å². The van der Waals surface area contributed by atoms with Gasteiger partial charge < -0.3 is 10.4 Å². The second kappa shape index (κ2) is 12.2. The number of hydrogen-bond donors (Lipinski definition) is 2. The highest BCUT2D eigenvalue weighted by Gasteiger charge is 2.47. The Hall–Kier alpha value is -2.13. The van der Waals surface area contributed by atoms with Crippen molar-refractivity contribution in [1.82, 2.24) is 9.62 Å². The first-order valence-electron chi connectivity index (χ1n) is 13.4. The Bertz CT molecular complexity index is 1300. The summed E-state index contributed by atoms with van der Waals surface area (Å²) in [6, 6.07) is 13.9. The molecule has 0 radical (unpaired) electrons. The van der Waals surface area contributed by atoms with Crippen LogP contribution in [0.15, 0.2) is 48.5 Å². The molecule has 1 aliphatic carbocycles. The molecule has 2 aliphatic rings. The van der Waals surface area contributed by atoms with E-state index in [-0.39, 0.29) is 41.4 Å². The van der Waals surface area contributed by atoms with Gasteiger partial charge in [0.2, 0.25) is 15.9 Å². The number of carboxylic acid groups (broad SMARTS) is 1. The lowest BCUT2D eigenvalue weighted by Crippen LogP contribution is -2.54. The zero-order valence-corrected chi connectivity index (χ0v) is 24.7. The summed E-state index contributed by atoms with van der Waals surface area (Å²) in [5.74, 6) is -2.48. The van der Waals surface area contributed by atoms with Crippen molar-refractivity contribution in [3.05, 3.63) is 69.7 Å². The maximum absolute atomic E-state index is 13.5. The van der Waals surface area contributed by atoms with Crippen molar-refractivity contribution in [2.75, 3.05) is 7.05 Å². The van der Waals surface area contributed by atoms with Crippen LogP contribution >= 0.6 is 23.2 Å². The summed E-state index contributed by atoms with van der Waals surface area (Å²) in [5.41, 5.74) is 1.77. The van der Waals surface area contributed by atoms with Gasteiger partial charge in [-0.25, -0.2) is 8.42 Å². The molecule has 39 heavy (non-hydrogen) atoms. The number of hydrogen-bond acceptors (Lipinski definition) is 4. The highest BCUT2D eigenvalue weighted by Crippen LogP contribution is 2.45. The van der Waals surface area contributed by atoms with Gasteiger partial charge in [0.05, 0.1) is 17.7 Å². The highest BCUT2D eigenvalue weighted by molar-refractivity contribution is 7.90. The molecule has 2 N–H and O–H groups in total. The fourth-order valence-electron chi connectivity index (χ4n) is 6.20. The Labute approximate surface area is 240 Å². The molecule has 7 nitrogen and oxygen atoms in total. The standard InChI is InChI=1S/C29H36Cl2N2O5S/c1-4-24(28(18-8-10-21(30)11-9-18)33(3)39(37,38)23-12-13-23)17(2)27-25(19-6-5-7-22(31)14-19)15-20(16-26(34)35)29(36)32-27/h5-11,14,17,20,23-25,27-28H,4,12-13,15-16H2,1-3H3,(H,32,36)(H,34,35)/t17?,20-,24?,25-,27+,28-/m1/s1. The molecule has 0 spiro atoms. The van der Waals surface area contributed by atoms with Gasteiger partial charge in [0.25, 0.3) is 0 Å². The first-order chi connectivity index (χ1) is 18.4. The van der Waals surface area contributed by atoms with E-state index >= 15 is 0 Å². The smallest absolute Gasteiger partial charge is 0.304 e. The van der Waals surface area contributed by atoms with Crippen LogP contribution in [-0.2, 0) is 19.6 Å². The molecule has 1 amide bonds. The average Bonchev–Trinajstić information content (AvgIpc) is 3.74. The lowest BCUT2D eigenvalue weighted by Gasteiger charge is -2.45. The van der Waals surface area contributed by atoms with E-state index in [0.717, 1.165) is 11.1 Å². The molecular weight excluding hydrogens is 559 g/mol. The molecular formula is C29H36Cl2N2O5S. The number of nitrogens with one attached hydrogen (secondary N) is 1. The summed E-state index contributed by atoms with van der Waals surface area (Å²) in [5, 5.41) is 13.3. The summed E-state index contributed by atoms with van der Waals surface area (Å²) in [6.07, 6.45) is 2.09. The van der Waals surface area contributed by atoms with Gasteiger partial charge in [-0.3, -0.25) is 9.59 Å². The highest BCUT2D eigenvalue weighted by atomic mass is 35.5. The third-order valence-electron chi connectivity index (χ3n) is 8.42. The number of benzene rings is 2. The number of nitrogens with zero attached hydrogens (tertiary/aromatic N) is 1. The number of amides is 1. The third kappa shape index (κ3) is 6.62. The predicted octanol–water partition coefficient (Wildman–Crippen LogP) is 5.88. The van der Waals surface area contributed by atoms with E-state index in [4.69, 9.17) is 23.2 Å². The molecule has 2 aromatic rings. The Morgan fingerprint density at radius 2 is 1.79 bits per heavy atom. The quantitative estimate of drug-likeness (QED) is 0.338. The average molecular weight is 596 g/mol. The van der Waals surface area contributed by atoms with Crippen molar-refractivity contribution in [3.63, 3.8) is 0 Å². The topological polar surface area (TPSA) is 104 Å². The summed E-state index contributed by atoms with van der Waals surface area (Å²) in [7, 11) is -1.86. The van der Waals surface area contributed by atoms with E-state index < -0.39 is 28.0 Å². The van der Waals surface area contributed by atoms with Crippen molar-refractivity contribution in [2.45, 2.75) is 69.2 Å². The van der Waals surface area contributed by atoms with Gasteiger partial charge in [-0.1, -0.05) is 67.7 Å². The first-order valence-corrected chi connectivity index (χ1v) is 15.7. The zero-order valence-electron chi connectivity index (χ0n) is 22.4.